The average Bonchev–Trinajstić information content (AvgIpc) is 3.12. The summed E-state index contributed by atoms with van der Waals surface area (Å²) in [6, 6.07) is 9.74. The van der Waals surface area contributed by atoms with Gasteiger partial charge in [-0.05, 0) is 30.7 Å². The second-order valence-electron chi connectivity index (χ2n) is 6.97. The number of rotatable bonds is 3. The smallest absolute Gasteiger partial charge is 0.227 e. The summed E-state index contributed by atoms with van der Waals surface area (Å²) in [6.07, 6.45) is 1.96. The van der Waals surface area contributed by atoms with E-state index in [1.165, 1.54) is 0 Å². The monoisotopic (exact) mass is 330 g/mol. The first-order chi connectivity index (χ1) is 11.6. The molecule has 0 radical (unpaired) electrons. The van der Waals surface area contributed by atoms with Crippen LogP contribution in [0.25, 0.3) is 0 Å². The van der Waals surface area contributed by atoms with Crippen molar-refractivity contribution in [2.24, 2.45) is 11.8 Å². The lowest BCUT2D eigenvalue weighted by Gasteiger charge is -2.35. The minimum atomic E-state index is -0.455. The van der Waals surface area contributed by atoms with Gasteiger partial charge in [0.1, 0.15) is 0 Å². The summed E-state index contributed by atoms with van der Waals surface area (Å²) in [5.41, 5.74) is 0.954. The van der Waals surface area contributed by atoms with Crippen LogP contribution in [0, 0.1) is 11.8 Å². The van der Waals surface area contributed by atoms with Crippen LogP contribution in [0.2, 0.25) is 0 Å². The quantitative estimate of drug-likeness (QED) is 0.920. The Morgan fingerprint density at radius 1 is 1.04 bits per heavy atom. The van der Waals surface area contributed by atoms with Gasteiger partial charge in [-0.1, -0.05) is 30.3 Å². The summed E-state index contributed by atoms with van der Waals surface area (Å²) in [4.78, 5) is 27.7. The molecule has 3 rings (SSSR count). The fourth-order valence-corrected chi connectivity index (χ4v) is 3.86. The second kappa shape index (κ2) is 7.34. The first-order valence-electron chi connectivity index (χ1n) is 8.83. The van der Waals surface area contributed by atoms with E-state index in [4.69, 9.17) is 0 Å². The molecule has 0 aliphatic carbocycles. The zero-order valence-electron chi connectivity index (χ0n) is 14.2. The van der Waals surface area contributed by atoms with Crippen molar-refractivity contribution >= 4 is 11.8 Å². The van der Waals surface area contributed by atoms with Gasteiger partial charge in [-0.2, -0.15) is 0 Å². The number of hydrogen-bond donors (Lipinski definition) is 1. The lowest BCUT2D eigenvalue weighted by molar-refractivity contribution is -0.137. The van der Waals surface area contributed by atoms with Gasteiger partial charge in [0.05, 0.1) is 12.0 Å². The molecule has 2 atom stereocenters. The normalized spacial score (nSPS) is 23.3. The van der Waals surface area contributed by atoms with E-state index in [1.54, 1.807) is 11.8 Å². The Hall–Kier alpha value is -1.88. The summed E-state index contributed by atoms with van der Waals surface area (Å²) < 4.78 is 0. The highest BCUT2D eigenvalue weighted by Gasteiger charge is 2.35. The minimum absolute atomic E-state index is 0.0509. The van der Waals surface area contributed by atoms with E-state index >= 15 is 0 Å². The fourth-order valence-electron chi connectivity index (χ4n) is 3.86. The van der Waals surface area contributed by atoms with E-state index in [-0.39, 0.29) is 23.7 Å². The second-order valence-corrected chi connectivity index (χ2v) is 6.97. The minimum Gasteiger partial charge on any atom is -0.388 e. The van der Waals surface area contributed by atoms with Gasteiger partial charge in [0.15, 0.2) is 0 Å². The molecule has 0 spiro atoms. The van der Waals surface area contributed by atoms with Gasteiger partial charge in [-0.15, -0.1) is 0 Å². The van der Waals surface area contributed by atoms with E-state index in [1.807, 2.05) is 35.2 Å². The molecular formula is C19H26N2O3. The Balaban J connectivity index is 1.52. The topological polar surface area (TPSA) is 60.9 Å². The molecule has 1 aromatic carbocycles. The summed E-state index contributed by atoms with van der Waals surface area (Å²) >= 11 is 0. The summed E-state index contributed by atoms with van der Waals surface area (Å²) in [6.45, 7) is 4.20. The number of aliphatic hydroxyl groups is 1. The largest absolute Gasteiger partial charge is 0.388 e. The molecule has 0 aromatic heterocycles. The molecule has 5 heteroatoms. The van der Waals surface area contributed by atoms with Crippen LogP contribution in [0.1, 0.15) is 37.9 Å². The maximum Gasteiger partial charge on any atom is 0.227 e. The zero-order chi connectivity index (χ0) is 17.1. The molecule has 2 aliphatic rings. The molecule has 130 valence electrons. The number of aliphatic hydroxyl groups excluding tert-OH is 1. The van der Waals surface area contributed by atoms with Crippen molar-refractivity contribution in [1.29, 1.82) is 0 Å². The number of nitrogens with zero attached hydrogens (tertiary/aromatic N) is 2. The Kier molecular flexibility index (Phi) is 5.19. The summed E-state index contributed by atoms with van der Waals surface area (Å²) in [5.74, 6) is 0.375. The number of amides is 2. The SMILES string of the molecule is CC(=O)N1CCC(C(=O)N2CCC(C(O)c3ccccc3)CC2)C1. The van der Waals surface area contributed by atoms with Gasteiger partial charge in [0.25, 0.3) is 0 Å². The fraction of sp³-hybridized carbons (Fsp3) is 0.579. The van der Waals surface area contributed by atoms with Crippen molar-refractivity contribution in [3.8, 4) is 0 Å². The third kappa shape index (κ3) is 3.61. The van der Waals surface area contributed by atoms with Crippen LogP contribution in [0.4, 0.5) is 0 Å². The summed E-state index contributed by atoms with van der Waals surface area (Å²) in [5, 5.41) is 10.5. The molecule has 2 fully saturated rings. The highest BCUT2D eigenvalue weighted by atomic mass is 16.3. The van der Waals surface area contributed by atoms with Crippen LogP contribution in [0.5, 0.6) is 0 Å². The van der Waals surface area contributed by atoms with Gasteiger partial charge in [0.2, 0.25) is 11.8 Å². The standard InChI is InChI=1S/C19H26N2O3/c1-14(22)21-12-9-17(13-21)19(24)20-10-7-16(8-11-20)18(23)15-5-3-2-4-6-15/h2-6,16-18,23H,7-13H2,1H3. The highest BCUT2D eigenvalue weighted by Crippen LogP contribution is 2.31. The Bertz CT molecular complexity index is 582. The Morgan fingerprint density at radius 3 is 2.25 bits per heavy atom. The van der Waals surface area contributed by atoms with Crippen LogP contribution in [-0.4, -0.2) is 52.9 Å². The third-order valence-electron chi connectivity index (χ3n) is 5.42. The molecule has 0 saturated carbocycles. The zero-order valence-corrected chi connectivity index (χ0v) is 14.2. The first-order valence-corrected chi connectivity index (χ1v) is 8.83. The lowest BCUT2D eigenvalue weighted by atomic mass is 9.87. The number of benzene rings is 1. The third-order valence-corrected chi connectivity index (χ3v) is 5.42. The van der Waals surface area contributed by atoms with Crippen LogP contribution in [-0.2, 0) is 9.59 Å². The maximum atomic E-state index is 12.6. The van der Waals surface area contributed by atoms with Crippen molar-refractivity contribution in [1.82, 2.24) is 9.80 Å². The maximum absolute atomic E-state index is 12.6. The molecule has 2 amide bonds. The van der Waals surface area contributed by atoms with Crippen molar-refractivity contribution < 1.29 is 14.7 Å². The molecule has 2 unspecified atom stereocenters. The van der Waals surface area contributed by atoms with E-state index in [9.17, 15) is 14.7 Å². The Morgan fingerprint density at radius 2 is 1.67 bits per heavy atom. The Labute approximate surface area is 143 Å². The molecule has 2 saturated heterocycles. The van der Waals surface area contributed by atoms with E-state index in [2.05, 4.69) is 0 Å². The average molecular weight is 330 g/mol. The predicted octanol–water partition coefficient (Wildman–Crippen LogP) is 1.83. The molecule has 1 N–H and O–H groups in total. The highest BCUT2D eigenvalue weighted by molar-refractivity contribution is 5.81. The van der Waals surface area contributed by atoms with Crippen molar-refractivity contribution in [3.05, 3.63) is 35.9 Å². The van der Waals surface area contributed by atoms with Gasteiger partial charge in [-0.25, -0.2) is 0 Å². The number of carbonyl (C=O) groups is 2. The number of carbonyl (C=O) groups excluding carboxylic acids is 2. The predicted molar refractivity (Wildman–Crippen MR) is 91.1 cm³/mol. The van der Waals surface area contributed by atoms with Gasteiger partial charge < -0.3 is 14.9 Å². The first kappa shape index (κ1) is 17.0. The number of piperidine rings is 1. The molecule has 2 aliphatic heterocycles. The number of likely N-dealkylation sites (tertiary alicyclic amines) is 2. The van der Waals surface area contributed by atoms with Crippen LogP contribution < -0.4 is 0 Å². The molecule has 2 heterocycles. The van der Waals surface area contributed by atoms with Crippen LogP contribution in [0.3, 0.4) is 0 Å². The molecule has 5 nitrogen and oxygen atoms in total. The van der Waals surface area contributed by atoms with Gasteiger partial charge >= 0.3 is 0 Å². The molecule has 0 bridgehead atoms. The number of hydrogen-bond acceptors (Lipinski definition) is 3. The van der Waals surface area contributed by atoms with E-state index < -0.39 is 6.10 Å². The van der Waals surface area contributed by atoms with E-state index in [0.717, 1.165) is 24.8 Å². The van der Waals surface area contributed by atoms with Crippen LogP contribution in [0.15, 0.2) is 30.3 Å². The van der Waals surface area contributed by atoms with Crippen LogP contribution >= 0.6 is 0 Å². The van der Waals surface area contributed by atoms with Crippen molar-refractivity contribution in [2.75, 3.05) is 26.2 Å². The van der Waals surface area contributed by atoms with Crippen molar-refractivity contribution in [2.45, 2.75) is 32.3 Å². The molecular weight excluding hydrogens is 304 g/mol. The summed E-state index contributed by atoms with van der Waals surface area (Å²) in [7, 11) is 0. The molecule has 1 aromatic rings. The molecule has 24 heavy (non-hydrogen) atoms. The van der Waals surface area contributed by atoms with E-state index in [0.29, 0.717) is 26.2 Å². The van der Waals surface area contributed by atoms with Crippen molar-refractivity contribution in [3.63, 3.8) is 0 Å². The lowest BCUT2D eigenvalue weighted by Crippen LogP contribution is -2.43. The van der Waals surface area contributed by atoms with Gasteiger partial charge in [0, 0.05) is 33.1 Å². The van der Waals surface area contributed by atoms with Gasteiger partial charge in [-0.3, -0.25) is 9.59 Å².